The Labute approximate surface area is 133 Å². The Morgan fingerprint density at radius 1 is 1.30 bits per heavy atom. The summed E-state index contributed by atoms with van der Waals surface area (Å²) < 4.78 is 24.3. The Balaban J connectivity index is 1.75. The average Bonchev–Trinajstić information content (AvgIpc) is 2.96. The molecule has 1 aliphatic rings. The van der Waals surface area contributed by atoms with Crippen LogP contribution in [0.25, 0.3) is 11.3 Å². The maximum absolute atomic E-state index is 13.0. The van der Waals surface area contributed by atoms with Gasteiger partial charge in [-0.25, -0.2) is 4.39 Å². The Hall–Kier alpha value is -2.18. The van der Waals surface area contributed by atoms with Crippen molar-refractivity contribution in [2.24, 2.45) is 5.73 Å². The van der Waals surface area contributed by atoms with Crippen LogP contribution in [-0.2, 0) is 16.1 Å². The van der Waals surface area contributed by atoms with E-state index in [0.29, 0.717) is 25.5 Å². The lowest BCUT2D eigenvalue weighted by atomic mass is 10.1. The van der Waals surface area contributed by atoms with Gasteiger partial charge in [0, 0.05) is 12.1 Å². The number of benzene rings is 1. The monoisotopic (exact) mass is 318 g/mol. The lowest BCUT2D eigenvalue weighted by Crippen LogP contribution is -2.55. The molecule has 2 N–H and O–H groups in total. The molecule has 2 atom stereocenters. The molecule has 0 spiro atoms. The highest BCUT2D eigenvalue weighted by Gasteiger charge is 2.34. The molecule has 1 aliphatic heterocycles. The molecule has 0 unspecified atom stereocenters. The zero-order chi connectivity index (χ0) is 16.4. The summed E-state index contributed by atoms with van der Waals surface area (Å²) in [6.45, 7) is 3.48. The highest BCUT2D eigenvalue weighted by atomic mass is 19.1. The van der Waals surface area contributed by atoms with Gasteiger partial charge in [0.1, 0.15) is 23.4 Å². The minimum Gasteiger partial charge on any atom is -0.460 e. The van der Waals surface area contributed by atoms with Crippen molar-refractivity contribution >= 4 is 5.91 Å². The molecule has 1 amide bonds. The van der Waals surface area contributed by atoms with Crippen molar-refractivity contribution in [3.63, 3.8) is 0 Å². The van der Waals surface area contributed by atoms with Gasteiger partial charge in [0.15, 0.2) is 0 Å². The second kappa shape index (κ2) is 6.52. The number of nitrogens with zero attached hydrogens (tertiary/aromatic N) is 1. The van der Waals surface area contributed by atoms with Gasteiger partial charge in [-0.05, 0) is 43.3 Å². The minimum atomic E-state index is -0.469. The van der Waals surface area contributed by atoms with Gasteiger partial charge in [-0.1, -0.05) is 0 Å². The number of furan rings is 1. The Bertz CT molecular complexity index is 683. The number of primary amides is 1. The lowest BCUT2D eigenvalue weighted by Gasteiger charge is -2.37. The van der Waals surface area contributed by atoms with Crippen LogP contribution in [0.5, 0.6) is 0 Å². The Kier molecular flexibility index (Phi) is 4.45. The van der Waals surface area contributed by atoms with Gasteiger partial charge in [0.25, 0.3) is 0 Å². The van der Waals surface area contributed by atoms with E-state index < -0.39 is 11.9 Å². The van der Waals surface area contributed by atoms with Crippen molar-refractivity contribution in [2.45, 2.75) is 25.6 Å². The predicted octanol–water partition coefficient (Wildman–Crippen LogP) is 2.16. The van der Waals surface area contributed by atoms with Crippen LogP contribution in [0.2, 0.25) is 0 Å². The molecule has 3 rings (SSSR count). The number of carbonyl (C=O) groups is 1. The minimum absolute atomic E-state index is 0.243. The molecule has 122 valence electrons. The third-order valence-electron chi connectivity index (χ3n) is 4.04. The zero-order valence-electron chi connectivity index (χ0n) is 12.9. The molecule has 1 saturated heterocycles. The van der Waals surface area contributed by atoms with Crippen LogP contribution in [0.1, 0.15) is 12.7 Å². The number of rotatable bonds is 4. The molecule has 0 radical (unpaired) electrons. The second-order valence-corrected chi connectivity index (χ2v) is 5.67. The van der Waals surface area contributed by atoms with E-state index in [4.69, 9.17) is 14.9 Å². The quantitative estimate of drug-likeness (QED) is 0.938. The normalized spacial score (nSPS) is 22.2. The van der Waals surface area contributed by atoms with E-state index in [1.165, 1.54) is 12.1 Å². The van der Waals surface area contributed by atoms with Crippen molar-refractivity contribution in [1.82, 2.24) is 4.90 Å². The highest BCUT2D eigenvalue weighted by Crippen LogP contribution is 2.24. The average molecular weight is 318 g/mol. The van der Waals surface area contributed by atoms with Gasteiger partial charge in [0.05, 0.1) is 19.3 Å². The molecule has 2 heterocycles. The number of carbonyl (C=O) groups excluding carboxylic acids is 1. The first-order valence-corrected chi connectivity index (χ1v) is 7.54. The standard InChI is InChI=1S/C17H19FN2O3/c1-11-16(17(19)21)20(8-9-22-11)10-14-6-7-15(23-14)12-2-4-13(18)5-3-12/h2-7,11,16H,8-10H2,1H3,(H2,19,21)/t11-,16+/m1/s1. The first-order valence-electron chi connectivity index (χ1n) is 7.54. The third-order valence-corrected chi connectivity index (χ3v) is 4.04. The van der Waals surface area contributed by atoms with Gasteiger partial charge in [-0.2, -0.15) is 0 Å². The third kappa shape index (κ3) is 3.43. The number of amides is 1. The van der Waals surface area contributed by atoms with E-state index in [-0.39, 0.29) is 11.9 Å². The van der Waals surface area contributed by atoms with Crippen LogP contribution in [-0.4, -0.2) is 36.1 Å². The molecule has 1 fully saturated rings. The molecule has 5 nitrogen and oxygen atoms in total. The van der Waals surface area contributed by atoms with Crippen molar-refractivity contribution in [2.75, 3.05) is 13.2 Å². The van der Waals surface area contributed by atoms with E-state index in [0.717, 1.165) is 11.3 Å². The van der Waals surface area contributed by atoms with Crippen molar-refractivity contribution < 1.29 is 18.3 Å². The molecular weight excluding hydrogens is 299 g/mol. The summed E-state index contributed by atoms with van der Waals surface area (Å²) in [6.07, 6.45) is -0.243. The fraction of sp³-hybridized carbons (Fsp3) is 0.353. The molecular formula is C17H19FN2O3. The van der Waals surface area contributed by atoms with E-state index in [1.54, 1.807) is 12.1 Å². The molecule has 1 aromatic heterocycles. The summed E-state index contributed by atoms with van der Waals surface area (Å²) in [7, 11) is 0. The van der Waals surface area contributed by atoms with Crippen LogP contribution in [0.4, 0.5) is 4.39 Å². The predicted molar refractivity (Wildman–Crippen MR) is 82.9 cm³/mol. The second-order valence-electron chi connectivity index (χ2n) is 5.67. The van der Waals surface area contributed by atoms with Crippen LogP contribution in [0.3, 0.4) is 0 Å². The summed E-state index contributed by atoms with van der Waals surface area (Å²) in [5.74, 6) is 0.705. The fourth-order valence-corrected chi connectivity index (χ4v) is 2.90. The number of hydrogen-bond donors (Lipinski definition) is 1. The Morgan fingerprint density at radius 3 is 2.74 bits per heavy atom. The lowest BCUT2D eigenvalue weighted by molar-refractivity contribution is -0.136. The molecule has 2 aromatic rings. The fourth-order valence-electron chi connectivity index (χ4n) is 2.90. The van der Waals surface area contributed by atoms with Gasteiger partial charge >= 0.3 is 0 Å². The van der Waals surface area contributed by atoms with Gasteiger partial charge in [-0.3, -0.25) is 9.69 Å². The van der Waals surface area contributed by atoms with Gasteiger partial charge in [-0.15, -0.1) is 0 Å². The SMILES string of the molecule is C[C@H]1OCCN(Cc2ccc(-c3ccc(F)cc3)o2)[C@@H]1C(N)=O. The maximum Gasteiger partial charge on any atom is 0.237 e. The summed E-state index contributed by atoms with van der Waals surface area (Å²) in [6, 6.07) is 9.35. The molecule has 0 aliphatic carbocycles. The topological polar surface area (TPSA) is 68.7 Å². The van der Waals surface area contributed by atoms with E-state index in [1.807, 2.05) is 24.0 Å². The number of morpholine rings is 1. The smallest absolute Gasteiger partial charge is 0.237 e. The summed E-state index contributed by atoms with van der Waals surface area (Å²) in [5, 5.41) is 0. The Morgan fingerprint density at radius 2 is 2.04 bits per heavy atom. The molecule has 6 heteroatoms. The maximum atomic E-state index is 13.0. The van der Waals surface area contributed by atoms with Crippen LogP contribution in [0.15, 0.2) is 40.8 Å². The van der Waals surface area contributed by atoms with Crippen molar-refractivity contribution in [3.8, 4) is 11.3 Å². The number of nitrogens with two attached hydrogens (primary N) is 1. The van der Waals surface area contributed by atoms with E-state index >= 15 is 0 Å². The molecule has 23 heavy (non-hydrogen) atoms. The largest absolute Gasteiger partial charge is 0.460 e. The number of hydrogen-bond acceptors (Lipinski definition) is 4. The summed E-state index contributed by atoms with van der Waals surface area (Å²) >= 11 is 0. The summed E-state index contributed by atoms with van der Waals surface area (Å²) in [5.41, 5.74) is 6.29. The van der Waals surface area contributed by atoms with Gasteiger partial charge < -0.3 is 14.9 Å². The van der Waals surface area contributed by atoms with Gasteiger partial charge in [0.2, 0.25) is 5.91 Å². The highest BCUT2D eigenvalue weighted by molar-refractivity contribution is 5.80. The zero-order valence-corrected chi connectivity index (χ0v) is 12.9. The first-order chi connectivity index (χ1) is 11.0. The van der Waals surface area contributed by atoms with Crippen LogP contribution >= 0.6 is 0 Å². The van der Waals surface area contributed by atoms with Crippen molar-refractivity contribution in [3.05, 3.63) is 48.0 Å². The molecule has 0 bridgehead atoms. The summed E-state index contributed by atoms with van der Waals surface area (Å²) in [4.78, 5) is 13.6. The van der Waals surface area contributed by atoms with Crippen LogP contribution < -0.4 is 5.73 Å². The molecule has 1 aromatic carbocycles. The van der Waals surface area contributed by atoms with E-state index in [9.17, 15) is 9.18 Å². The van der Waals surface area contributed by atoms with E-state index in [2.05, 4.69) is 0 Å². The number of ether oxygens (including phenoxy) is 1. The van der Waals surface area contributed by atoms with Crippen LogP contribution in [0, 0.1) is 5.82 Å². The number of halogens is 1. The molecule has 0 saturated carbocycles. The first kappa shape index (κ1) is 15.7. The van der Waals surface area contributed by atoms with Crippen molar-refractivity contribution in [1.29, 1.82) is 0 Å².